The van der Waals surface area contributed by atoms with Crippen LogP contribution in [0.1, 0.15) is 23.6 Å². The van der Waals surface area contributed by atoms with Crippen LogP contribution in [0.5, 0.6) is 0 Å². The molecule has 0 aliphatic heterocycles. The Kier molecular flexibility index (Phi) is 3.61. The minimum absolute atomic E-state index is 0.938. The Balaban J connectivity index is 1.65. The molecule has 4 aromatic carbocycles. The van der Waals surface area contributed by atoms with Crippen LogP contribution in [0, 0.1) is 13.8 Å². The third-order valence-electron chi connectivity index (χ3n) is 6.26. The molecule has 0 amide bonds. The van der Waals surface area contributed by atoms with Gasteiger partial charge in [0.1, 0.15) is 22.3 Å². The molecule has 0 spiro atoms. The van der Waals surface area contributed by atoms with E-state index in [0.29, 0.717) is 0 Å². The molecule has 2 heteroatoms. The van der Waals surface area contributed by atoms with Crippen molar-refractivity contribution >= 4 is 43.9 Å². The molecule has 0 aliphatic carbocycles. The van der Waals surface area contributed by atoms with E-state index in [4.69, 9.17) is 8.83 Å². The lowest BCUT2D eigenvalue weighted by Crippen LogP contribution is -1.86. The molecule has 0 atom stereocenters. The molecule has 30 heavy (non-hydrogen) atoms. The van der Waals surface area contributed by atoms with Gasteiger partial charge < -0.3 is 8.83 Å². The van der Waals surface area contributed by atoms with E-state index in [0.717, 1.165) is 39.7 Å². The lowest BCUT2D eigenvalue weighted by molar-refractivity contribution is 0.665. The van der Waals surface area contributed by atoms with Gasteiger partial charge in [-0.25, -0.2) is 0 Å². The predicted molar refractivity (Wildman–Crippen MR) is 125 cm³/mol. The van der Waals surface area contributed by atoms with E-state index in [1.165, 1.54) is 38.4 Å². The largest absolute Gasteiger partial charge is 0.456 e. The summed E-state index contributed by atoms with van der Waals surface area (Å²) in [5, 5.41) is 4.70. The Labute approximate surface area is 174 Å². The predicted octanol–water partition coefficient (Wildman–Crippen LogP) is 8.33. The van der Waals surface area contributed by atoms with Crippen LogP contribution in [0.25, 0.3) is 55.0 Å². The second-order valence-corrected chi connectivity index (χ2v) is 8.22. The van der Waals surface area contributed by atoms with Crippen molar-refractivity contribution in [3.63, 3.8) is 0 Å². The number of furan rings is 2. The van der Waals surface area contributed by atoms with Crippen LogP contribution in [-0.4, -0.2) is 0 Å². The second kappa shape index (κ2) is 6.24. The quantitative estimate of drug-likeness (QED) is 0.297. The number of benzene rings is 4. The highest BCUT2D eigenvalue weighted by molar-refractivity contribution is 6.09. The first-order valence-electron chi connectivity index (χ1n) is 10.5. The van der Waals surface area contributed by atoms with Crippen molar-refractivity contribution in [3.05, 3.63) is 83.4 Å². The minimum Gasteiger partial charge on any atom is -0.456 e. The molecule has 0 fully saturated rings. The summed E-state index contributed by atoms with van der Waals surface area (Å²) in [5.41, 5.74) is 9.96. The molecule has 6 rings (SSSR count). The standard InChI is InChI=1S/C28H22O2/c1-4-18-9-10-26-22(13-18)23-15-21(16(2)12-27(23)29-26)19-11-17(3)28-24(14-19)20-7-5-6-8-25(20)30-28/h5-15H,4H2,1-3H3. The molecule has 0 bridgehead atoms. The van der Waals surface area contributed by atoms with Crippen molar-refractivity contribution in [2.45, 2.75) is 27.2 Å². The maximum absolute atomic E-state index is 6.15. The summed E-state index contributed by atoms with van der Waals surface area (Å²) in [7, 11) is 0. The van der Waals surface area contributed by atoms with Gasteiger partial charge in [-0.2, -0.15) is 0 Å². The SMILES string of the molecule is CCc1ccc2oc3cc(C)c(-c4cc(C)c5oc6ccccc6c5c4)cc3c2c1. The molecule has 146 valence electrons. The van der Waals surface area contributed by atoms with Gasteiger partial charge in [-0.15, -0.1) is 0 Å². The molecule has 0 N–H and O–H groups in total. The van der Waals surface area contributed by atoms with E-state index in [1.807, 2.05) is 12.1 Å². The van der Waals surface area contributed by atoms with E-state index in [-0.39, 0.29) is 0 Å². The van der Waals surface area contributed by atoms with Crippen molar-refractivity contribution in [2.75, 3.05) is 0 Å². The molecule has 0 radical (unpaired) electrons. The van der Waals surface area contributed by atoms with Gasteiger partial charge in [0.25, 0.3) is 0 Å². The van der Waals surface area contributed by atoms with Crippen LogP contribution in [0.3, 0.4) is 0 Å². The second-order valence-electron chi connectivity index (χ2n) is 8.22. The molecule has 0 unspecified atom stereocenters. The van der Waals surface area contributed by atoms with Crippen molar-refractivity contribution in [3.8, 4) is 11.1 Å². The van der Waals surface area contributed by atoms with Gasteiger partial charge in [-0.3, -0.25) is 0 Å². The molecule has 2 heterocycles. The zero-order valence-electron chi connectivity index (χ0n) is 17.4. The highest BCUT2D eigenvalue weighted by atomic mass is 16.3. The van der Waals surface area contributed by atoms with Crippen LogP contribution in [0.15, 0.2) is 75.6 Å². The van der Waals surface area contributed by atoms with E-state index in [2.05, 4.69) is 75.4 Å². The Morgan fingerprint density at radius 3 is 2.30 bits per heavy atom. The minimum atomic E-state index is 0.938. The first-order valence-corrected chi connectivity index (χ1v) is 10.5. The first kappa shape index (κ1) is 17.3. The summed E-state index contributed by atoms with van der Waals surface area (Å²) < 4.78 is 12.3. The summed E-state index contributed by atoms with van der Waals surface area (Å²) in [6, 6.07) is 23.7. The summed E-state index contributed by atoms with van der Waals surface area (Å²) in [5.74, 6) is 0. The third-order valence-corrected chi connectivity index (χ3v) is 6.26. The molecule has 2 nitrogen and oxygen atoms in total. The maximum Gasteiger partial charge on any atom is 0.138 e. The Morgan fingerprint density at radius 1 is 0.633 bits per heavy atom. The highest BCUT2D eigenvalue weighted by Gasteiger charge is 2.15. The van der Waals surface area contributed by atoms with Crippen LogP contribution in [0.2, 0.25) is 0 Å². The smallest absolute Gasteiger partial charge is 0.138 e. The molecule has 0 saturated heterocycles. The Hall–Kier alpha value is -3.52. The fraction of sp³-hybridized carbons (Fsp3) is 0.143. The highest BCUT2D eigenvalue weighted by Crippen LogP contribution is 2.38. The summed E-state index contributed by atoms with van der Waals surface area (Å²) in [6.07, 6.45) is 1.02. The molecule has 6 aromatic rings. The fourth-order valence-corrected chi connectivity index (χ4v) is 4.66. The molecule has 0 saturated carbocycles. The molecule has 2 aromatic heterocycles. The van der Waals surface area contributed by atoms with Crippen LogP contribution >= 0.6 is 0 Å². The van der Waals surface area contributed by atoms with Gasteiger partial charge >= 0.3 is 0 Å². The number of hydrogen-bond acceptors (Lipinski definition) is 2. The van der Waals surface area contributed by atoms with E-state index >= 15 is 0 Å². The zero-order valence-corrected chi connectivity index (χ0v) is 17.4. The topological polar surface area (TPSA) is 26.3 Å². The van der Waals surface area contributed by atoms with Gasteiger partial charge in [-0.05, 0) is 90.6 Å². The van der Waals surface area contributed by atoms with Crippen LogP contribution in [-0.2, 0) is 6.42 Å². The summed E-state index contributed by atoms with van der Waals surface area (Å²) >= 11 is 0. The van der Waals surface area contributed by atoms with Gasteiger partial charge in [0.15, 0.2) is 0 Å². The average molecular weight is 390 g/mol. The van der Waals surface area contributed by atoms with Crippen molar-refractivity contribution in [2.24, 2.45) is 0 Å². The monoisotopic (exact) mass is 390 g/mol. The molecule has 0 aliphatic rings. The van der Waals surface area contributed by atoms with E-state index in [1.54, 1.807) is 0 Å². The first-order chi connectivity index (χ1) is 14.6. The fourth-order valence-electron chi connectivity index (χ4n) is 4.66. The third kappa shape index (κ3) is 2.43. The van der Waals surface area contributed by atoms with E-state index < -0.39 is 0 Å². The molecular weight excluding hydrogens is 368 g/mol. The maximum atomic E-state index is 6.15. The van der Waals surface area contributed by atoms with Crippen LogP contribution < -0.4 is 0 Å². The normalized spacial score (nSPS) is 12.0. The summed E-state index contributed by atoms with van der Waals surface area (Å²) in [6.45, 7) is 6.47. The Morgan fingerprint density at radius 2 is 1.43 bits per heavy atom. The van der Waals surface area contributed by atoms with Gasteiger partial charge in [-0.1, -0.05) is 31.2 Å². The Bertz CT molecular complexity index is 1590. The van der Waals surface area contributed by atoms with Crippen molar-refractivity contribution in [1.82, 2.24) is 0 Å². The average Bonchev–Trinajstić information content (AvgIpc) is 3.30. The number of fused-ring (bicyclic) bond motifs is 6. The number of rotatable bonds is 2. The van der Waals surface area contributed by atoms with Gasteiger partial charge in [0.2, 0.25) is 0 Å². The van der Waals surface area contributed by atoms with Gasteiger partial charge in [0, 0.05) is 21.5 Å². The number of aryl methyl sites for hydroxylation is 3. The van der Waals surface area contributed by atoms with Crippen molar-refractivity contribution < 1.29 is 8.83 Å². The van der Waals surface area contributed by atoms with Gasteiger partial charge in [0.05, 0.1) is 0 Å². The lowest BCUT2D eigenvalue weighted by Gasteiger charge is -2.08. The molecular formula is C28H22O2. The zero-order chi connectivity index (χ0) is 20.4. The van der Waals surface area contributed by atoms with Crippen LogP contribution in [0.4, 0.5) is 0 Å². The van der Waals surface area contributed by atoms with Crippen molar-refractivity contribution in [1.29, 1.82) is 0 Å². The summed E-state index contributed by atoms with van der Waals surface area (Å²) in [4.78, 5) is 0. The number of hydrogen-bond donors (Lipinski definition) is 0. The number of para-hydroxylation sites is 1. The lowest BCUT2D eigenvalue weighted by atomic mass is 9.95. The van der Waals surface area contributed by atoms with E-state index in [9.17, 15) is 0 Å².